The number of carboxylic acids is 1. The first-order chi connectivity index (χ1) is 12.5. The molecule has 1 aliphatic heterocycles. The topological polar surface area (TPSA) is 105 Å². The Morgan fingerprint density at radius 3 is 2.54 bits per heavy atom. The van der Waals surface area contributed by atoms with Crippen LogP contribution < -0.4 is 15.2 Å². The fourth-order valence-electron chi connectivity index (χ4n) is 2.92. The molecule has 0 saturated carbocycles. The van der Waals surface area contributed by atoms with Crippen molar-refractivity contribution >= 4 is 11.9 Å². The number of anilines is 1. The summed E-state index contributed by atoms with van der Waals surface area (Å²) in [5.74, 6) is -1.32. The molecule has 0 aliphatic carbocycles. The summed E-state index contributed by atoms with van der Waals surface area (Å²) < 4.78 is 6.82. The average Bonchev–Trinajstić information content (AvgIpc) is 2.64. The number of aliphatic hydroxyl groups excluding tert-OH is 1. The number of nitrogens with zero attached hydrogens (tertiary/aromatic N) is 3. The second-order valence-electron chi connectivity index (χ2n) is 6.25. The third-order valence-corrected chi connectivity index (χ3v) is 4.40. The summed E-state index contributed by atoms with van der Waals surface area (Å²) >= 11 is 0. The van der Waals surface area contributed by atoms with Crippen molar-refractivity contribution in [3.8, 4) is 5.75 Å². The van der Waals surface area contributed by atoms with Crippen molar-refractivity contribution in [3.63, 3.8) is 0 Å². The second kappa shape index (κ2) is 7.57. The molecule has 8 nitrogen and oxygen atoms in total. The van der Waals surface area contributed by atoms with Crippen LogP contribution in [0.4, 0.5) is 5.95 Å². The zero-order valence-corrected chi connectivity index (χ0v) is 14.5. The van der Waals surface area contributed by atoms with E-state index in [1.165, 1.54) is 11.6 Å². The van der Waals surface area contributed by atoms with Crippen LogP contribution in [0.5, 0.6) is 5.75 Å². The van der Waals surface area contributed by atoms with Gasteiger partial charge in [0, 0.05) is 20.1 Å². The molecule has 0 unspecified atom stereocenters. The zero-order valence-electron chi connectivity index (χ0n) is 14.5. The van der Waals surface area contributed by atoms with Gasteiger partial charge < -0.3 is 19.8 Å². The summed E-state index contributed by atoms with van der Waals surface area (Å²) in [6, 6.07) is 9.18. The van der Waals surface area contributed by atoms with E-state index in [4.69, 9.17) is 4.74 Å². The van der Waals surface area contributed by atoms with E-state index in [0.29, 0.717) is 25.9 Å². The van der Waals surface area contributed by atoms with Crippen LogP contribution in [0.15, 0.2) is 35.1 Å². The summed E-state index contributed by atoms with van der Waals surface area (Å²) in [4.78, 5) is 30.3. The monoisotopic (exact) mass is 359 g/mol. The van der Waals surface area contributed by atoms with Crippen LogP contribution in [-0.4, -0.2) is 44.9 Å². The molecule has 2 aromatic rings. The fraction of sp³-hybridized carbons (Fsp3) is 0.389. The molecule has 3 rings (SSSR count). The van der Waals surface area contributed by atoms with Crippen LogP contribution in [0, 0.1) is 0 Å². The van der Waals surface area contributed by atoms with E-state index >= 15 is 0 Å². The Bertz CT molecular complexity index is 842. The summed E-state index contributed by atoms with van der Waals surface area (Å²) in [6.07, 6.45) is 0.713. The van der Waals surface area contributed by atoms with Gasteiger partial charge in [-0.2, -0.15) is 0 Å². The molecular formula is C18H21N3O5. The molecule has 8 heteroatoms. The van der Waals surface area contributed by atoms with E-state index in [1.54, 1.807) is 0 Å². The van der Waals surface area contributed by atoms with Crippen molar-refractivity contribution in [2.24, 2.45) is 7.05 Å². The van der Waals surface area contributed by atoms with Crippen LogP contribution in [0.1, 0.15) is 28.9 Å². The highest BCUT2D eigenvalue weighted by molar-refractivity contribution is 5.88. The zero-order chi connectivity index (χ0) is 18.7. The summed E-state index contributed by atoms with van der Waals surface area (Å²) in [7, 11) is 1.54. The van der Waals surface area contributed by atoms with Gasteiger partial charge in [-0.15, -0.1) is 0 Å². The highest BCUT2D eigenvalue weighted by Gasteiger charge is 2.26. The number of hydrogen-bond acceptors (Lipinski definition) is 6. The fourth-order valence-corrected chi connectivity index (χ4v) is 2.92. The molecule has 0 spiro atoms. The summed E-state index contributed by atoms with van der Waals surface area (Å²) in [6.45, 7) is 1.09. The summed E-state index contributed by atoms with van der Waals surface area (Å²) in [5.41, 5.74) is -0.125. The Morgan fingerprint density at radius 2 is 1.92 bits per heavy atom. The van der Waals surface area contributed by atoms with E-state index in [0.717, 1.165) is 5.56 Å². The van der Waals surface area contributed by atoms with Gasteiger partial charge in [0.1, 0.15) is 6.61 Å². The predicted octanol–water partition coefficient (Wildman–Crippen LogP) is 1.02. The number of aromatic carboxylic acids is 1. The largest absolute Gasteiger partial charge is 0.481 e. The van der Waals surface area contributed by atoms with Crippen LogP contribution >= 0.6 is 0 Å². The van der Waals surface area contributed by atoms with E-state index in [-0.39, 0.29) is 24.4 Å². The first-order valence-electron chi connectivity index (χ1n) is 8.41. The number of aromatic nitrogens is 2. The average molecular weight is 359 g/mol. The lowest BCUT2D eigenvalue weighted by atomic mass is 10.1. The Labute approximate surface area is 150 Å². The van der Waals surface area contributed by atoms with E-state index < -0.39 is 17.2 Å². The minimum atomic E-state index is -1.32. The molecule has 0 amide bonds. The van der Waals surface area contributed by atoms with Crippen molar-refractivity contribution in [2.45, 2.75) is 25.6 Å². The quantitative estimate of drug-likeness (QED) is 0.821. The van der Waals surface area contributed by atoms with Gasteiger partial charge in [-0.25, -0.2) is 9.78 Å². The maximum absolute atomic E-state index is 12.7. The number of aliphatic hydroxyl groups is 1. The molecule has 1 aromatic carbocycles. The SMILES string of the molecule is Cn1c(N2CCC(O)CC2)nc(C(=O)O)c(OCc2ccccc2)c1=O. The van der Waals surface area contributed by atoms with Crippen molar-refractivity contribution in [3.05, 3.63) is 51.9 Å². The third-order valence-electron chi connectivity index (χ3n) is 4.40. The van der Waals surface area contributed by atoms with Crippen LogP contribution in [-0.2, 0) is 13.7 Å². The van der Waals surface area contributed by atoms with Gasteiger partial charge in [-0.3, -0.25) is 9.36 Å². The van der Waals surface area contributed by atoms with Gasteiger partial charge in [0.15, 0.2) is 5.69 Å². The minimum Gasteiger partial charge on any atom is -0.481 e. The van der Waals surface area contributed by atoms with Gasteiger partial charge in [0.2, 0.25) is 11.7 Å². The lowest BCUT2D eigenvalue weighted by Gasteiger charge is -2.31. The number of rotatable bonds is 5. The standard InChI is InChI=1S/C18H21N3O5/c1-20-16(23)15(26-11-12-5-3-2-4-6-12)14(17(24)25)19-18(20)21-9-7-13(22)8-10-21/h2-6,13,22H,7-11H2,1H3,(H,24,25). The lowest BCUT2D eigenvalue weighted by Crippen LogP contribution is -2.40. The van der Waals surface area contributed by atoms with Crippen LogP contribution in [0.2, 0.25) is 0 Å². The number of benzene rings is 1. The number of hydrogen-bond donors (Lipinski definition) is 2. The molecule has 1 saturated heterocycles. The van der Waals surface area contributed by atoms with E-state index in [1.807, 2.05) is 35.2 Å². The smallest absolute Gasteiger partial charge is 0.358 e. The molecule has 0 radical (unpaired) electrons. The van der Waals surface area contributed by atoms with Crippen molar-refractivity contribution in [1.29, 1.82) is 0 Å². The second-order valence-corrected chi connectivity index (χ2v) is 6.25. The molecule has 2 N–H and O–H groups in total. The van der Waals surface area contributed by atoms with Crippen molar-refractivity contribution in [1.82, 2.24) is 9.55 Å². The first-order valence-corrected chi connectivity index (χ1v) is 8.41. The van der Waals surface area contributed by atoms with E-state index in [2.05, 4.69) is 4.98 Å². The molecule has 1 aliphatic rings. The molecule has 0 atom stereocenters. The highest BCUT2D eigenvalue weighted by atomic mass is 16.5. The van der Waals surface area contributed by atoms with Crippen LogP contribution in [0.25, 0.3) is 0 Å². The molecule has 138 valence electrons. The number of carboxylic acid groups (broad SMARTS) is 1. The Balaban J connectivity index is 1.93. The van der Waals surface area contributed by atoms with Crippen molar-refractivity contribution < 1.29 is 19.7 Å². The Morgan fingerprint density at radius 1 is 1.27 bits per heavy atom. The minimum absolute atomic E-state index is 0.0767. The van der Waals surface area contributed by atoms with E-state index in [9.17, 15) is 19.8 Å². The first kappa shape index (κ1) is 17.9. The molecule has 0 bridgehead atoms. The van der Waals surface area contributed by atoms with Crippen molar-refractivity contribution in [2.75, 3.05) is 18.0 Å². The Kier molecular flexibility index (Phi) is 5.22. The van der Waals surface area contributed by atoms with Gasteiger partial charge in [-0.1, -0.05) is 30.3 Å². The van der Waals surface area contributed by atoms with Gasteiger partial charge in [0.25, 0.3) is 5.56 Å². The maximum Gasteiger partial charge on any atom is 0.358 e. The molecular weight excluding hydrogens is 338 g/mol. The van der Waals surface area contributed by atoms with Crippen LogP contribution in [0.3, 0.4) is 0 Å². The van der Waals surface area contributed by atoms with Gasteiger partial charge >= 0.3 is 5.97 Å². The normalized spacial score (nSPS) is 15.1. The Hall–Kier alpha value is -2.87. The summed E-state index contributed by atoms with van der Waals surface area (Å²) in [5, 5.41) is 19.1. The highest BCUT2D eigenvalue weighted by Crippen LogP contribution is 2.21. The number of carbonyl (C=O) groups is 1. The maximum atomic E-state index is 12.7. The molecule has 26 heavy (non-hydrogen) atoms. The molecule has 2 heterocycles. The number of piperidine rings is 1. The number of ether oxygens (including phenoxy) is 1. The predicted molar refractivity (Wildman–Crippen MR) is 94.7 cm³/mol. The third kappa shape index (κ3) is 3.70. The van der Waals surface area contributed by atoms with Gasteiger partial charge in [-0.05, 0) is 18.4 Å². The molecule has 1 fully saturated rings. The lowest BCUT2D eigenvalue weighted by molar-refractivity contribution is 0.0683. The van der Waals surface area contributed by atoms with Gasteiger partial charge in [0.05, 0.1) is 6.10 Å². The molecule has 1 aromatic heterocycles.